The number of fused-ring (bicyclic) bond motifs is 3. The van der Waals surface area contributed by atoms with Gasteiger partial charge < -0.3 is 15.1 Å². The van der Waals surface area contributed by atoms with E-state index < -0.39 is 6.43 Å². The van der Waals surface area contributed by atoms with E-state index in [1.54, 1.807) is 11.0 Å². The lowest BCUT2D eigenvalue weighted by atomic mass is 9.95. The first-order valence-corrected chi connectivity index (χ1v) is 10.1. The van der Waals surface area contributed by atoms with Gasteiger partial charge in [0.05, 0.1) is 12.1 Å². The number of halogens is 2. The van der Waals surface area contributed by atoms with E-state index in [1.165, 1.54) is 12.3 Å². The molecule has 2 fully saturated rings. The molecule has 1 aromatic heterocycles. The van der Waals surface area contributed by atoms with Crippen molar-refractivity contribution in [3.63, 3.8) is 0 Å². The minimum atomic E-state index is -2.65. The second-order valence-corrected chi connectivity index (χ2v) is 7.95. The topological polar surface area (TPSA) is 85.2 Å². The summed E-state index contributed by atoms with van der Waals surface area (Å²) in [6.45, 7) is 0.566. The molecule has 0 radical (unpaired) electrons. The summed E-state index contributed by atoms with van der Waals surface area (Å²) in [4.78, 5) is 24.5. The number of nitrogens with one attached hydrogen (secondary N) is 1. The number of aromatic nitrogens is 2. The van der Waals surface area contributed by atoms with E-state index in [0.717, 1.165) is 30.5 Å². The monoisotopic (exact) mass is 410 g/mol. The van der Waals surface area contributed by atoms with Gasteiger partial charge in [0.15, 0.2) is 6.19 Å². The Morgan fingerprint density at radius 1 is 1.30 bits per heavy atom. The number of hydrogen-bond acceptors (Lipinski definition) is 6. The first kappa shape index (κ1) is 18.7. The highest BCUT2D eigenvalue weighted by molar-refractivity contribution is 5.95. The Morgan fingerprint density at radius 3 is 2.93 bits per heavy atom. The zero-order valence-electron chi connectivity index (χ0n) is 16.1. The van der Waals surface area contributed by atoms with Gasteiger partial charge in [-0.15, -0.1) is 0 Å². The van der Waals surface area contributed by atoms with E-state index in [4.69, 9.17) is 0 Å². The number of nitrogens with zero attached hydrogens (tertiary/aromatic N) is 5. The lowest BCUT2D eigenvalue weighted by Gasteiger charge is -2.22. The number of alkyl halides is 2. The summed E-state index contributed by atoms with van der Waals surface area (Å²) < 4.78 is 25.9. The van der Waals surface area contributed by atoms with Gasteiger partial charge in [-0.1, -0.05) is 0 Å². The molecule has 2 saturated heterocycles. The number of rotatable bonds is 4. The summed E-state index contributed by atoms with van der Waals surface area (Å²) in [7, 11) is 0. The van der Waals surface area contributed by atoms with Crippen molar-refractivity contribution < 1.29 is 13.6 Å². The molecular formula is C21H20F2N6O. The van der Waals surface area contributed by atoms with E-state index in [2.05, 4.69) is 21.5 Å². The number of carbonyl (C=O) groups excluding carboxylic acids is 1. The average Bonchev–Trinajstić information content (AvgIpc) is 3.45. The molecule has 2 bridgehead atoms. The lowest BCUT2D eigenvalue weighted by Crippen LogP contribution is -2.43. The van der Waals surface area contributed by atoms with Gasteiger partial charge in [-0.05, 0) is 55.5 Å². The number of anilines is 2. The highest BCUT2D eigenvalue weighted by Gasteiger charge is 2.46. The van der Waals surface area contributed by atoms with Gasteiger partial charge in [0.25, 0.3) is 12.3 Å². The maximum Gasteiger partial charge on any atom is 0.280 e. The van der Waals surface area contributed by atoms with Gasteiger partial charge >= 0.3 is 0 Å². The van der Waals surface area contributed by atoms with Crippen LogP contribution in [0.5, 0.6) is 0 Å². The highest BCUT2D eigenvalue weighted by atomic mass is 19.3. The van der Waals surface area contributed by atoms with Gasteiger partial charge in [0.2, 0.25) is 5.95 Å². The third kappa shape index (κ3) is 3.03. The molecule has 1 aromatic carbocycles. The minimum absolute atomic E-state index is 0.00820. The molecule has 7 nitrogen and oxygen atoms in total. The second-order valence-electron chi connectivity index (χ2n) is 7.95. The van der Waals surface area contributed by atoms with E-state index in [9.17, 15) is 18.8 Å². The van der Waals surface area contributed by atoms with Crippen molar-refractivity contribution in [2.24, 2.45) is 0 Å². The van der Waals surface area contributed by atoms with Crippen LogP contribution in [0, 0.1) is 11.5 Å². The Balaban J connectivity index is 1.33. The zero-order chi connectivity index (χ0) is 20.8. The normalized spacial score (nSPS) is 24.3. The number of carbonyl (C=O) groups is 1. The van der Waals surface area contributed by atoms with Crippen molar-refractivity contribution in [3.8, 4) is 6.19 Å². The minimum Gasteiger partial charge on any atom is -0.347 e. The summed E-state index contributed by atoms with van der Waals surface area (Å²) in [5.41, 5.74) is 2.04. The van der Waals surface area contributed by atoms with Gasteiger partial charge in [-0.2, -0.15) is 5.26 Å². The molecule has 0 saturated carbocycles. The predicted molar refractivity (Wildman–Crippen MR) is 104 cm³/mol. The van der Waals surface area contributed by atoms with Crippen LogP contribution in [-0.4, -0.2) is 45.4 Å². The van der Waals surface area contributed by atoms with E-state index >= 15 is 0 Å². The predicted octanol–water partition coefficient (Wildman–Crippen LogP) is 2.92. The Morgan fingerprint density at radius 2 is 2.17 bits per heavy atom. The van der Waals surface area contributed by atoms with Crippen LogP contribution < -0.4 is 10.2 Å². The molecule has 5 rings (SSSR count). The average molecular weight is 410 g/mol. The Kier molecular flexibility index (Phi) is 4.50. The van der Waals surface area contributed by atoms with E-state index in [0.29, 0.717) is 18.5 Å². The molecule has 0 aliphatic carbocycles. The van der Waals surface area contributed by atoms with Crippen molar-refractivity contribution in [3.05, 3.63) is 47.3 Å². The zero-order valence-corrected chi connectivity index (χ0v) is 16.1. The fourth-order valence-electron chi connectivity index (χ4n) is 4.92. The van der Waals surface area contributed by atoms with Crippen LogP contribution in [0.2, 0.25) is 0 Å². The number of nitriles is 1. The van der Waals surface area contributed by atoms with Gasteiger partial charge in [0, 0.05) is 30.0 Å². The third-order valence-electron chi connectivity index (χ3n) is 6.34. The molecule has 30 heavy (non-hydrogen) atoms. The van der Waals surface area contributed by atoms with Crippen molar-refractivity contribution in [2.75, 3.05) is 11.4 Å². The van der Waals surface area contributed by atoms with Crippen LogP contribution in [0.15, 0.2) is 30.5 Å². The quantitative estimate of drug-likeness (QED) is 0.781. The summed E-state index contributed by atoms with van der Waals surface area (Å²) >= 11 is 0. The molecule has 0 spiro atoms. The van der Waals surface area contributed by atoms with Gasteiger partial charge in [0.1, 0.15) is 5.69 Å². The molecule has 9 heteroatoms. The molecule has 2 aromatic rings. The molecule has 3 atom stereocenters. The second kappa shape index (κ2) is 7.20. The van der Waals surface area contributed by atoms with Crippen molar-refractivity contribution in [1.29, 1.82) is 5.26 Å². The first-order valence-electron chi connectivity index (χ1n) is 10.1. The molecule has 3 aliphatic heterocycles. The standard InChI is InChI=1S/C21H20F2N6O/c22-19(23)15-5-7-25-21(27-15)28-8-6-12-9-13(1-3-17(12)28)20(30)26-16-10-14-2-4-18(16)29(14)11-24/h1,3,5,7,9,14,16,18-19H,2,4,6,8,10H2,(H,26,30)/t14-,16+,18+/m0/s1. The Hall–Kier alpha value is -3.28. The van der Waals surface area contributed by atoms with E-state index in [1.807, 2.05) is 17.0 Å². The SMILES string of the molecule is N#CN1[C@H]2CC[C@@H]1[C@H](NC(=O)c1ccc3c(c1)CCN3c1nccc(C(F)F)n1)C2. The Labute approximate surface area is 172 Å². The molecule has 1 N–H and O–H groups in total. The van der Waals surface area contributed by atoms with Crippen molar-refractivity contribution >= 4 is 17.5 Å². The van der Waals surface area contributed by atoms with Crippen LogP contribution in [0.3, 0.4) is 0 Å². The smallest absolute Gasteiger partial charge is 0.280 e. The summed E-state index contributed by atoms with van der Waals surface area (Å²) in [6, 6.07) is 6.93. The lowest BCUT2D eigenvalue weighted by molar-refractivity contribution is 0.0928. The molecule has 1 amide bonds. The fourth-order valence-corrected chi connectivity index (χ4v) is 4.92. The van der Waals surface area contributed by atoms with Crippen LogP contribution in [0.25, 0.3) is 0 Å². The maximum absolute atomic E-state index is 13.0. The van der Waals surface area contributed by atoms with Gasteiger partial charge in [-0.25, -0.2) is 18.7 Å². The fraction of sp³-hybridized carbons (Fsp3) is 0.429. The number of hydrogen-bond donors (Lipinski definition) is 1. The Bertz CT molecular complexity index is 1040. The highest BCUT2D eigenvalue weighted by Crippen LogP contribution is 2.37. The van der Waals surface area contributed by atoms with E-state index in [-0.39, 0.29) is 35.7 Å². The summed E-state index contributed by atoms with van der Waals surface area (Å²) in [5, 5.41) is 12.4. The first-order chi connectivity index (χ1) is 14.5. The molecule has 0 unspecified atom stereocenters. The molecule has 154 valence electrons. The van der Waals surface area contributed by atoms with Crippen LogP contribution >= 0.6 is 0 Å². The number of benzene rings is 1. The van der Waals surface area contributed by atoms with Crippen LogP contribution in [0.1, 0.15) is 47.3 Å². The maximum atomic E-state index is 13.0. The molecule has 3 aliphatic rings. The largest absolute Gasteiger partial charge is 0.347 e. The van der Waals surface area contributed by atoms with Crippen LogP contribution in [-0.2, 0) is 6.42 Å². The summed E-state index contributed by atoms with van der Waals surface area (Å²) in [6.07, 6.45) is 4.36. The van der Waals surface area contributed by atoms with Crippen molar-refractivity contribution in [2.45, 2.75) is 50.2 Å². The molecular weight excluding hydrogens is 390 g/mol. The molecule has 4 heterocycles. The van der Waals surface area contributed by atoms with Crippen LogP contribution in [0.4, 0.5) is 20.4 Å². The third-order valence-corrected chi connectivity index (χ3v) is 6.34. The van der Waals surface area contributed by atoms with Gasteiger partial charge in [-0.3, -0.25) is 4.79 Å². The van der Waals surface area contributed by atoms with Crippen molar-refractivity contribution in [1.82, 2.24) is 20.2 Å². The number of amides is 1. The summed E-state index contributed by atoms with van der Waals surface area (Å²) in [5.74, 6) is 0.0879.